The van der Waals surface area contributed by atoms with Crippen LogP contribution in [0, 0.1) is 13.8 Å². The number of amides is 1. The summed E-state index contributed by atoms with van der Waals surface area (Å²) >= 11 is 1.62. The number of aryl methyl sites for hydroxylation is 2. The Bertz CT molecular complexity index is 874. The molecule has 3 rings (SSSR count). The molecule has 5 nitrogen and oxygen atoms in total. The first-order valence-electron chi connectivity index (χ1n) is 7.40. The second-order valence-corrected chi connectivity index (χ2v) is 6.75. The molecule has 1 atom stereocenters. The van der Waals surface area contributed by atoms with Crippen molar-refractivity contribution >= 4 is 28.3 Å². The van der Waals surface area contributed by atoms with E-state index in [2.05, 4.69) is 15.0 Å². The highest BCUT2D eigenvalue weighted by Gasteiger charge is 2.23. The first-order valence-corrected chi connectivity index (χ1v) is 8.22. The molecule has 2 aromatic heterocycles. The minimum absolute atomic E-state index is 0.0537. The monoisotopic (exact) mass is 326 g/mol. The van der Waals surface area contributed by atoms with E-state index < -0.39 is 0 Å². The molecule has 0 fully saturated rings. The van der Waals surface area contributed by atoms with E-state index in [0.717, 1.165) is 26.6 Å². The largest absolute Gasteiger partial charge is 0.333 e. The van der Waals surface area contributed by atoms with E-state index in [1.165, 1.54) is 0 Å². The minimum atomic E-state index is -0.138. The average molecular weight is 326 g/mol. The molecule has 0 aliphatic rings. The number of carbonyl (C=O) groups is 1. The fourth-order valence-electron chi connectivity index (χ4n) is 2.53. The summed E-state index contributed by atoms with van der Waals surface area (Å²) in [6, 6.07) is 7.48. The standard InChI is InChI=1S/C17H18N4OS/c1-10-16(23-12(3)19-10)11(2)21(4)17(22)15-9-18-13-7-5-6-8-14(13)20-15/h5-9,11H,1-4H3/t11-/m0/s1. The van der Waals surface area contributed by atoms with Crippen LogP contribution in [-0.4, -0.2) is 32.8 Å². The van der Waals surface area contributed by atoms with Crippen molar-refractivity contribution < 1.29 is 4.79 Å². The van der Waals surface area contributed by atoms with Crippen LogP contribution in [0.1, 0.15) is 39.0 Å². The van der Waals surface area contributed by atoms with Gasteiger partial charge in [0.2, 0.25) is 0 Å². The Balaban J connectivity index is 1.89. The molecule has 0 aliphatic heterocycles. The lowest BCUT2D eigenvalue weighted by Gasteiger charge is -2.24. The van der Waals surface area contributed by atoms with Crippen LogP contribution >= 0.6 is 11.3 Å². The number of carbonyl (C=O) groups excluding carboxylic acids is 1. The Morgan fingerprint density at radius 2 is 1.87 bits per heavy atom. The zero-order valence-electron chi connectivity index (χ0n) is 13.6. The molecular weight excluding hydrogens is 308 g/mol. The quantitative estimate of drug-likeness (QED) is 0.739. The van der Waals surface area contributed by atoms with Crippen LogP contribution in [0.5, 0.6) is 0 Å². The summed E-state index contributed by atoms with van der Waals surface area (Å²) in [7, 11) is 1.79. The predicted molar refractivity (Wildman–Crippen MR) is 91.6 cm³/mol. The maximum absolute atomic E-state index is 12.7. The van der Waals surface area contributed by atoms with Crippen LogP contribution in [0.4, 0.5) is 0 Å². The van der Waals surface area contributed by atoms with E-state index in [4.69, 9.17) is 0 Å². The topological polar surface area (TPSA) is 59.0 Å². The van der Waals surface area contributed by atoms with Crippen LogP contribution in [0.25, 0.3) is 11.0 Å². The summed E-state index contributed by atoms with van der Waals surface area (Å²) < 4.78 is 0. The van der Waals surface area contributed by atoms with Gasteiger partial charge in [-0.05, 0) is 32.9 Å². The molecule has 2 heterocycles. The fourth-order valence-corrected chi connectivity index (χ4v) is 3.55. The molecule has 0 aliphatic carbocycles. The lowest BCUT2D eigenvalue weighted by molar-refractivity contribution is 0.0738. The maximum atomic E-state index is 12.7. The molecule has 0 N–H and O–H groups in total. The van der Waals surface area contributed by atoms with Crippen molar-refractivity contribution in [3.05, 3.63) is 51.7 Å². The van der Waals surface area contributed by atoms with Crippen LogP contribution in [0.2, 0.25) is 0 Å². The van der Waals surface area contributed by atoms with E-state index in [1.807, 2.05) is 45.0 Å². The lowest BCUT2D eigenvalue weighted by Crippen LogP contribution is -2.30. The molecule has 1 aromatic carbocycles. The van der Waals surface area contributed by atoms with Crippen molar-refractivity contribution in [1.82, 2.24) is 19.9 Å². The molecule has 23 heavy (non-hydrogen) atoms. The number of para-hydroxylation sites is 2. The zero-order valence-corrected chi connectivity index (χ0v) is 14.4. The Morgan fingerprint density at radius 3 is 2.52 bits per heavy atom. The molecular formula is C17H18N4OS. The fraction of sp³-hybridized carbons (Fsp3) is 0.294. The average Bonchev–Trinajstić information content (AvgIpc) is 2.90. The molecule has 1 amide bonds. The van der Waals surface area contributed by atoms with Gasteiger partial charge in [-0.25, -0.2) is 9.97 Å². The van der Waals surface area contributed by atoms with Crippen molar-refractivity contribution in [3.8, 4) is 0 Å². The molecule has 0 saturated heterocycles. The van der Waals surface area contributed by atoms with Gasteiger partial charge in [0.15, 0.2) is 0 Å². The third kappa shape index (κ3) is 2.94. The Morgan fingerprint density at radius 1 is 1.17 bits per heavy atom. The van der Waals surface area contributed by atoms with Gasteiger partial charge in [0.1, 0.15) is 5.69 Å². The van der Waals surface area contributed by atoms with Gasteiger partial charge in [-0.2, -0.15) is 0 Å². The highest BCUT2D eigenvalue weighted by molar-refractivity contribution is 7.11. The van der Waals surface area contributed by atoms with Gasteiger partial charge >= 0.3 is 0 Å². The molecule has 0 saturated carbocycles. The summed E-state index contributed by atoms with van der Waals surface area (Å²) in [6.07, 6.45) is 1.54. The number of nitrogens with zero attached hydrogens (tertiary/aromatic N) is 4. The lowest BCUT2D eigenvalue weighted by atomic mass is 10.2. The number of fused-ring (bicyclic) bond motifs is 1. The van der Waals surface area contributed by atoms with E-state index in [9.17, 15) is 4.79 Å². The van der Waals surface area contributed by atoms with E-state index in [1.54, 1.807) is 29.5 Å². The highest BCUT2D eigenvalue weighted by atomic mass is 32.1. The van der Waals surface area contributed by atoms with Crippen molar-refractivity contribution in [2.45, 2.75) is 26.8 Å². The summed E-state index contributed by atoms with van der Waals surface area (Å²) in [6.45, 7) is 5.96. The molecule has 0 spiro atoms. The van der Waals surface area contributed by atoms with Gasteiger partial charge < -0.3 is 4.90 Å². The van der Waals surface area contributed by atoms with E-state index in [0.29, 0.717) is 5.69 Å². The minimum Gasteiger partial charge on any atom is -0.333 e. The van der Waals surface area contributed by atoms with Crippen LogP contribution < -0.4 is 0 Å². The predicted octanol–water partition coefficient (Wildman–Crippen LogP) is 3.54. The molecule has 118 valence electrons. The van der Waals surface area contributed by atoms with Gasteiger partial charge in [-0.15, -0.1) is 11.3 Å². The second kappa shape index (κ2) is 6.04. The second-order valence-electron chi connectivity index (χ2n) is 5.52. The SMILES string of the molecule is Cc1nc(C)c([C@H](C)N(C)C(=O)c2cnc3ccccc3n2)s1. The first kappa shape index (κ1) is 15.6. The van der Waals surface area contributed by atoms with Crippen molar-refractivity contribution in [3.63, 3.8) is 0 Å². The third-order valence-electron chi connectivity index (χ3n) is 3.89. The molecule has 0 unspecified atom stereocenters. The summed E-state index contributed by atoms with van der Waals surface area (Å²) in [5, 5.41) is 1.01. The number of aromatic nitrogens is 3. The van der Waals surface area contributed by atoms with Gasteiger partial charge in [-0.3, -0.25) is 9.78 Å². The van der Waals surface area contributed by atoms with Crippen LogP contribution in [-0.2, 0) is 0 Å². The highest BCUT2D eigenvalue weighted by Crippen LogP contribution is 2.28. The third-order valence-corrected chi connectivity index (χ3v) is 5.13. The Labute approximate surface area is 139 Å². The van der Waals surface area contributed by atoms with Gasteiger partial charge in [0.25, 0.3) is 5.91 Å². The van der Waals surface area contributed by atoms with Gasteiger partial charge in [0, 0.05) is 11.9 Å². The first-order chi connectivity index (χ1) is 11.0. The molecule has 0 radical (unpaired) electrons. The smallest absolute Gasteiger partial charge is 0.274 e. The van der Waals surface area contributed by atoms with Crippen molar-refractivity contribution in [2.24, 2.45) is 0 Å². The molecule has 6 heteroatoms. The number of thiazole rings is 1. The Kier molecular flexibility index (Phi) is 4.09. The summed E-state index contributed by atoms with van der Waals surface area (Å²) in [5.41, 5.74) is 2.85. The van der Waals surface area contributed by atoms with Crippen molar-refractivity contribution in [1.29, 1.82) is 0 Å². The van der Waals surface area contributed by atoms with Gasteiger partial charge in [0.05, 0.1) is 34.0 Å². The van der Waals surface area contributed by atoms with Crippen LogP contribution in [0.15, 0.2) is 30.5 Å². The van der Waals surface area contributed by atoms with E-state index >= 15 is 0 Å². The number of hydrogen-bond acceptors (Lipinski definition) is 5. The van der Waals surface area contributed by atoms with Crippen LogP contribution in [0.3, 0.4) is 0 Å². The maximum Gasteiger partial charge on any atom is 0.274 e. The number of benzene rings is 1. The normalized spacial score (nSPS) is 12.3. The summed E-state index contributed by atoms with van der Waals surface area (Å²) in [4.78, 5) is 28.7. The Hall–Kier alpha value is -2.34. The zero-order chi connectivity index (χ0) is 16.6. The molecule has 3 aromatic rings. The van der Waals surface area contributed by atoms with Crippen molar-refractivity contribution in [2.75, 3.05) is 7.05 Å². The number of hydrogen-bond donors (Lipinski definition) is 0. The van der Waals surface area contributed by atoms with E-state index in [-0.39, 0.29) is 11.9 Å². The van der Waals surface area contributed by atoms with Gasteiger partial charge in [-0.1, -0.05) is 12.1 Å². The summed E-state index contributed by atoms with van der Waals surface area (Å²) in [5.74, 6) is -0.138. The number of rotatable bonds is 3. The molecule has 0 bridgehead atoms.